The van der Waals surface area contributed by atoms with Gasteiger partial charge in [-0.25, -0.2) is 0 Å². The van der Waals surface area contributed by atoms with Gasteiger partial charge in [0.1, 0.15) is 15.3 Å². The Morgan fingerprint density at radius 2 is 1.81 bits per heavy atom. The van der Waals surface area contributed by atoms with E-state index in [4.69, 9.17) is 12.2 Å². The van der Waals surface area contributed by atoms with Gasteiger partial charge in [0.25, 0.3) is 0 Å². The van der Waals surface area contributed by atoms with Gasteiger partial charge in [0, 0.05) is 0 Å². The summed E-state index contributed by atoms with van der Waals surface area (Å²) < 4.78 is 0.494. The molecule has 1 aliphatic heterocycles. The molecule has 0 aliphatic carbocycles. The summed E-state index contributed by atoms with van der Waals surface area (Å²) in [5.41, 5.74) is 2.33. The molecular weight excluding hydrogens is 302 g/mol. The number of phenols is 1. The van der Waals surface area contributed by atoms with E-state index < -0.39 is 10.5 Å². The Labute approximate surface area is 132 Å². The van der Waals surface area contributed by atoms with Crippen molar-refractivity contribution in [2.24, 2.45) is 0 Å². The minimum absolute atomic E-state index is 0.127. The van der Waals surface area contributed by atoms with Gasteiger partial charge in [-0.1, -0.05) is 42.4 Å². The second-order valence-electron chi connectivity index (χ2n) is 4.76. The van der Waals surface area contributed by atoms with Crippen LogP contribution in [-0.4, -0.2) is 21.2 Å². The summed E-state index contributed by atoms with van der Waals surface area (Å²) in [7, 11) is -0.580. The molecule has 2 rings (SSSR count). The van der Waals surface area contributed by atoms with Crippen molar-refractivity contribution in [2.75, 3.05) is 0 Å². The van der Waals surface area contributed by atoms with E-state index in [0.29, 0.717) is 17.2 Å². The number of benzene rings is 1. The lowest BCUT2D eigenvalue weighted by Crippen LogP contribution is -2.20. The van der Waals surface area contributed by atoms with Gasteiger partial charge in [0.2, 0.25) is 5.91 Å². The smallest absolute Gasteiger partial charge is 0.242 e. The molecule has 1 heterocycles. The first-order chi connectivity index (χ1) is 9.99. The van der Waals surface area contributed by atoms with Crippen molar-refractivity contribution in [2.45, 2.75) is 18.1 Å². The van der Waals surface area contributed by atoms with Crippen molar-refractivity contribution in [3.63, 3.8) is 0 Å². The largest absolute Gasteiger partial charge is 0.507 e. The molecule has 2 atom stereocenters. The molecule has 1 aromatic rings. The van der Waals surface area contributed by atoms with Crippen LogP contribution in [0.5, 0.6) is 5.75 Å². The molecule has 0 radical (unpaired) electrons. The van der Waals surface area contributed by atoms with E-state index in [2.05, 4.69) is 24.3 Å². The third kappa shape index (κ3) is 2.99. The number of thiocarbonyl (C=S) groups is 1. The Bertz CT molecular complexity index is 633. The first-order valence-electron chi connectivity index (χ1n) is 6.43. The van der Waals surface area contributed by atoms with Crippen LogP contribution in [-0.2, 0) is 17.6 Å². The Morgan fingerprint density at radius 3 is 2.19 bits per heavy atom. The maximum absolute atomic E-state index is 12.1. The fourth-order valence-electron chi connectivity index (χ4n) is 2.34. The zero-order valence-corrected chi connectivity index (χ0v) is 13.2. The molecule has 5 heteroatoms. The highest BCUT2D eigenvalue weighted by Gasteiger charge is 2.33. The molecule has 0 bridgehead atoms. The zero-order chi connectivity index (χ0) is 15.6. The van der Waals surface area contributed by atoms with E-state index in [0.717, 1.165) is 16.7 Å². The molecule has 0 saturated carbocycles. The van der Waals surface area contributed by atoms with Crippen LogP contribution in [0.3, 0.4) is 0 Å². The summed E-state index contributed by atoms with van der Waals surface area (Å²) >= 11 is 5.13. The molecular formula is C16H17NO2S2. The molecule has 1 saturated heterocycles. The van der Waals surface area contributed by atoms with Crippen LogP contribution in [0.25, 0.3) is 0 Å². The Hall–Kier alpha value is -1.72. The second kappa shape index (κ2) is 6.37. The van der Waals surface area contributed by atoms with Gasteiger partial charge in [-0.3, -0.25) is 4.79 Å². The predicted octanol–water partition coefficient (Wildman–Crippen LogP) is 3.01. The molecule has 0 aromatic heterocycles. The van der Waals surface area contributed by atoms with Gasteiger partial charge < -0.3 is 10.4 Å². The molecule has 1 fully saturated rings. The van der Waals surface area contributed by atoms with Crippen molar-refractivity contribution >= 4 is 38.8 Å². The highest BCUT2D eigenvalue weighted by atomic mass is 32.2. The number of nitrogens with one attached hydrogen (secondary N) is 1. The molecule has 110 valence electrons. The highest BCUT2D eigenvalue weighted by Crippen LogP contribution is 2.41. The lowest BCUT2D eigenvalue weighted by Gasteiger charge is -2.15. The monoisotopic (exact) mass is 319 g/mol. The molecule has 1 amide bonds. The maximum atomic E-state index is 12.1. The van der Waals surface area contributed by atoms with Gasteiger partial charge in [-0.2, -0.15) is 0 Å². The Kier molecular flexibility index (Phi) is 4.75. The third-order valence-corrected chi connectivity index (χ3v) is 5.69. The van der Waals surface area contributed by atoms with E-state index >= 15 is 0 Å². The van der Waals surface area contributed by atoms with Crippen molar-refractivity contribution in [3.8, 4) is 5.75 Å². The standard InChI is InChI=1S/C16H17NO2S2/c1-4-6-10-8-12(9-11(7-5-2)13(10)18)14-15(19)17-16(20)21(14)3/h4-5,8-9,14,18H,1-3,6-7H2,(H,17,19,20). The van der Waals surface area contributed by atoms with Crippen molar-refractivity contribution in [3.05, 3.63) is 54.1 Å². The summed E-state index contributed by atoms with van der Waals surface area (Å²) in [6, 6.07) is 3.68. The highest BCUT2D eigenvalue weighted by molar-refractivity contribution is 8.34. The number of hydrogen-bond acceptors (Lipinski definition) is 3. The number of amides is 1. The van der Waals surface area contributed by atoms with Crippen LogP contribution in [0.1, 0.15) is 21.9 Å². The maximum Gasteiger partial charge on any atom is 0.242 e. The molecule has 1 aliphatic rings. The topological polar surface area (TPSA) is 49.3 Å². The first kappa shape index (κ1) is 15.7. The summed E-state index contributed by atoms with van der Waals surface area (Å²) in [5.74, 6) is 4.11. The molecule has 3 nitrogen and oxygen atoms in total. The quantitative estimate of drug-likeness (QED) is 0.648. The summed E-state index contributed by atoms with van der Waals surface area (Å²) in [5, 5.41) is 12.6. The van der Waals surface area contributed by atoms with Gasteiger partial charge in [-0.05, 0) is 29.5 Å². The van der Waals surface area contributed by atoms with E-state index in [1.165, 1.54) is 0 Å². The lowest BCUT2D eigenvalue weighted by atomic mass is 9.98. The van der Waals surface area contributed by atoms with Gasteiger partial charge in [0.05, 0.1) is 0 Å². The Morgan fingerprint density at radius 1 is 1.29 bits per heavy atom. The zero-order valence-electron chi connectivity index (χ0n) is 11.6. The number of aromatic hydroxyl groups is 1. The van der Waals surface area contributed by atoms with Gasteiger partial charge >= 0.3 is 0 Å². The van der Waals surface area contributed by atoms with Gasteiger partial charge in [0.15, 0.2) is 0 Å². The number of allylic oxidation sites excluding steroid dienone is 2. The number of carbonyl (C=O) groups is 1. The SMILES string of the molecule is C=CCc1cc(C2C(=O)NC(=S)S2=C)cc(CC=C)c1O. The van der Waals surface area contributed by atoms with Crippen molar-refractivity contribution in [1.29, 1.82) is 0 Å². The summed E-state index contributed by atoms with van der Waals surface area (Å²) in [4.78, 5) is 12.1. The fraction of sp³-hybridized carbons (Fsp3) is 0.188. The molecule has 0 spiro atoms. The number of rotatable bonds is 5. The average Bonchev–Trinajstić information content (AvgIpc) is 2.68. The summed E-state index contributed by atoms with van der Waals surface area (Å²) in [6.07, 6.45) is 4.51. The minimum Gasteiger partial charge on any atom is -0.507 e. The Balaban J connectivity index is 2.55. The molecule has 21 heavy (non-hydrogen) atoms. The van der Waals surface area contributed by atoms with Crippen LogP contribution in [0.2, 0.25) is 0 Å². The van der Waals surface area contributed by atoms with Crippen LogP contribution in [0, 0.1) is 0 Å². The molecule has 1 aromatic carbocycles. The third-order valence-electron chi connectivity index (χ3n) is 3.31. The average molecular weight is 319 g/mol. The van der Waals surface area contributed by atoms with Crippen LogP contribution in [0.15, 0.2) is 37.4 Å². The second-order valence-corrected chi connectivity index (χ2v) is 7.16. The normalized spacial score (nSPS) is 21.1. The van der Waals surface area contributed by atoms with Crippen LogP contribution in [0.4, 0.5) is 0 Å². The van der Waals surface area contributed by atoms with Crippen molar-refractivity contribution < 1.29 is 9.90 Å². The number of phenolic OH excluding ortho intramolecular Hbond substituents is 1. The molecule has 2 unspecified atom stereocenters. The predicted molar refractivity (Wildman–Crippen MR) is 94.1 cm³/mol. The van der Waals surface area contributed by atoms with E-state index in [9.17, 15) is 9.90 Å². The lowest BCUT2D eigenvalue weighted by molar-refractivity contribution is -0.118. The molecule has 2 N–H and O–H groups in total. The minimum atomic E-state index is -0.580. The first-order valence-corrected chi connectivity index (χ1v) is 8.30. The van der Waals surface area contributed by atoms with E-state index in [1.54, 1.807) is 12.2 Å². The van der Waals surface area contributed by atoms with Crippen LogP contribution < -0.4 is 5.32 Å². The van der Waals surface area contributed by atoms with Crippen molar-refractivity contribution in [1.82, 2.24) is 5.32 Å². The van der Waals surface area contributed by atoms with Crippen LogP contribution >= 0.6 is 22.7 Å². The van der Waals surface area contributed by atoms with E-state index in [1.807, 2.05) is 12.1 Å². The summed E-state index contributed by atoms with van der Waals surface area (Å²) in [6.45, 7) is 7.40. The van der Waals surface area contributed by atoms with Gasteiger partial charge in [-0.15, -0.1) is 23.6 Å². The van der Waals surface area contributed by atoms with E-state index in [-0.39, 0.29) is 16.9 Å². The fourth-order valence-corrected chi connectivity index (χ4v) is 3.96. The number of carbonyl (C=O) groups excluding carboxylic acids is 1. The number of hydrogen-bond donors (Lipinski definition) is 2.